The first-order valence-electron chi connectivity index (χ1n) is 13.6. The van der Waals surface area contributed by atoms with Crippen LogP contribution in [-0.4, -0.2) is 74.4 Å². The Hall–Kier alpha value is -4.60. The van der Waals surface area contributed by atoms with E-state index < -0.39 is 17.6 Å². The van der Waals surface area contributed by atoms with Crippen molar-refractivity contribution in [2.75, 3.05) is 37.7 Å². The number of carbonyl (C=O) groups is 1. The van der Waals surface area contributed by atoms with Crippen molar-refractivity contribution in [1.82, 2.24) is 24.4 Å². The standard InChI is InChI=1S/C30H28F2N6O4/c1-2-19-3-4-20(23(32)15-19)18-42-29-22(31)5-8-26(35-29)37-12-10-36(11-13-37)17-27-33-24-6-7-25(30(39)40)34-28(24)38(27)16-21-9-14-41-21/h1,3-8,15,21H,9-14,16-18H2,(H,39,40)/t21-/m0/s1. The third-order valence-electron chi connectivity index (χ3n) is 7.51. The van der Waals surface area contributed by atoms with Gasteiger partial charge in [0.25, 0.3) is 5.88 Å². The molecule has 2 fully saturated rings. The lowest BCUT2D eigenvalue weighted by molar-refractivity contribution is -0.0592. The summed E-state index contributed by atoms with van der Waals surface area (Å²) in [6.45, 7) is 4.28. The number of piperazine rings is 1. The van der Waals surface area contributed by atoms with Gasteiger partial charge in [-0.25, -0.2) is 23.5 Å². The second-order valence-electron chi connectivity index (χ2n) is 10.2. The summed E-state index contributed by atoms with van der Waals surface area (Å²) in [6.07, 6.45) is 6.28. The summed E-state index contributed by atoms with van der Waals surface area (Å²) in [7, 11) is 0. The zero-order chi connectivity index (χ0) is 29.2. The maximum absolute atomic E-state index is 14.5. The second-order valence-corrected chi connectivity index (χ2v) is 10.2. The molecule has 12 heteroatoms. The van der Waals surface area contributed by atoms with Gasteiger partial charge in [0.15, 0.2) is 17.2 Å². The molecule has 1 atom stereocenters. The number of rotatable bonds is 9. The Kier molecular flexibility index (Phi) is 7.69. The number of hydrogen-bond acceptors (Lipinski definition) is 8. The van der Waals surface area contributed by atoms with E-state index in [1.54, 1.807) is 18.2 Å². The minimum atomic E-state index is -1.09. The number of imidazole rings is 1. The summed E-state index contributed by atoms with van der Waals surface area (Å²) in [5, 5.41) is 9.42. The number of halogens is 2. The lowest BCUT2D eigenvalue weighted by atomic mass is 10.1. The summed E-state index contributed by atoms with van der Waals surface area (Å²) in [5.74, 6) is 1.29. The molecule has 0 unspecified atom stereocenters. The molecule has 42 heavy (non-hydrogen) atoms. The SMILES string of the molecule is C#Cc1ccc(COc2nc(N3CCN(Cc4nc5ccc(C(=O)O)nc5n4C[C@@H]4CCO4)CC3)ccc2F)c(F)c1. The highest BCUT2D eigenvalue weighted by Gasteiger charge is 2.26. The Labute approximate surface area is 240 Å². The summed E-state index contributed by atoms with van der Waals surface area (Å²) >= 11 is 0. The molecule has 1 N–H and O–H groups in total. The number of terminal acetylenes is 1. The molecule has 216 valence electrons. The van der Waals surface area contributed by atoms with Gasteiger partial charge in [0.05, 0.1) is 19.2 Å². The van der Waals surface area contributed by atoms with E-state index in [-0.39, 0.29) is 29.8 Å². The van der Waals surface area contributed by atoms with Gasteiger partial charge in [-0.1, -0.05) is 12.0 Å². The van der Waals surface area contributed by atoms with Crippen LogP contribution in [0.3, 0.4) is 0 Å². The van der Waals surface area contributed by atoms with Crippen LogP contribution in [0.15, 0.2) is 42.5 Å². The topological polar surface area (TPSA) is 106 Å². The number of nitrogens with zero attached hydrogens (tertiary/aromatic N) is 6. The summed E-state index contributed by atoms with van der Waals surface area (Å²) in [5.41, 5.74) is 1.81. The van der Waals surface area contributed by atoms with Crippen molar-refractivity contribution in [1.29, 1.82) is 0 Å². The number of carboxylic acids is 1. The molecule has 6 rings (SSSR count). The molecule has 10 nitrogen and oxygen atoms in total. The predicted molar refractivity (Wildman–Crippen MR) is 149 cm³/mol. The van der Waals surface area contributed by atoms with Crippen LogP contribution < -0.4 is 9.64 Å². The molecule has 5 heterocycles. The van der Waals surface area contributed by atoms with Gasteiger partial charge in [0, 0.05) is 43.9 Å². The zero-order valence-corrected chi connectivity index (χ0v) is 22.7. The van der Waals surface area contributed by atoms with Gasteiger partial charge < -0.3 is 24.0 Å². The molecule has 3 aromatic heterocycles. The van der Waals surface area contributed by atoms with E-state index in [2.05, 4.69) is 20.8 Å². The third kappa shape index (κ3) is 5.74. The van der Waals surface area contributed by atoms with Gasteiger partial charge >= 0.3 is 5.97 Å². The average molecular weight is 575 g/mol. The number of ether oxygens (including phenoxy) is 2. The largest absolute Gasteiger partial charge is 0.477 e. The van der Waals surface area contributed by atoms with Crippen molar-refractivity contribution in [3.63, 3.8) is 0 Å². The van der Waals surface area contributed by atoms with Crippen LogP contribution in [0, 0.1) is 24.0 Å². The maximum atomic E-state index is 14.5. The van der Waals surface area contributed by atoms with Gasteiger partial charge in [-0.05, 0) is 42.8 Å². The quantitative estimate of drug-likeness (QED) is 0.301. The van der Waals surface area contributed by atoms with Crippen LogP contribution in [0.2, 0.25) is 0 Å². The van der Waals surface area contributed by atoms with Crippen molar-refractivity contribution >= 4 is 23.0 Å². The van der Waals surface area contributed by atoms with Crippen molar-refractivity contribution in [2.45, 2.75) is 32.2 Å². The summed E-state index contributed by atoms with van der Waals surface area (Å²) < 4.78 is 41.9. The molecule has 0 radical (unpaired) electrons. The number of fused-ring (bicyclic) bond motifs is 1. The minimum Gasteiger partial charge on any atom is -0.477 e. The first-order valence-corrected chi connectivity index (χ1v) is 13.6. The fourth-order valence-electron chi connectivity index (χ4n) is 5.04. The van der Waals surface area contributed by atoms with Gasteiger partial charge in [-0.2, -0.15) is 4.98 Å². The Balaban J connectivity index is 1.12. The maximum Gasteiger partial charge on any atom is 0.354 e. The molecule has 0 spiro atoms. The first kappa shape index (κ1) is 27.6. The van der Waals surface area contributed by atoms with E-state index in [1.165, 1.54) is 24.3 Å². The van der Waals surface area contributed by atoms with Crippen LogP contribution in [0.4, 0.5) is 14.6 Å². The van der Waals surface area contributed by atoms with Crippen LogP contribution >= 0.6 is 0 Å². The van der Waals surface area contributed by atoms with E-state index in [1.807, 2.05) is 9.47 Å². The van der Waals surface area contributed by atoms with E-state index in [4.69, 9.17) is 20.9 Å². The Morgan fingerprint density at radius 2 is 1.88 bits per heavy atom. The van der Waals surface area contributed by atoms with Gasteiger partial charge in [-0.15, -0.1) is 6.42 Å². The Morgan fingerprint density at radius 1 is 1.07 bits per heavy atom. The van der Waals surface area contributed by atoms with Crippen molar-refractivity contribution in [3.8, 4) is 18.2 Å². The third-order valence-corrected chi connectivity index (χ3v) is 7.51. The molecule has 2 saturated heterocycles. The van der Waals surface area contributed by atoms with Gasteiger partial charge in [-0.3, -0.25) is 4.90 Å². The molecule has 0 aliphatic carbocycles. The summed E-state index contributed by atoms with van der Waals surface area (Å²) in [6, 6.07) is 10.4. The fourth-order valence-corrected chi connectivity index (χ4v) is 5.04. The highest BCUT2D eigenvalue weighted by molar-refractivity contribution is 5.88. The van der Waals surface area contributed by atoms with E-state index in [0.717, 1.165) is 12.2 Å². The molecule has 4 aromatic rings. The molecular weight excluding hydrogens is 546 g/mol. The molecule has 0 bridgehead atoms. The molecule has 0 saturated carbocycles. The lowest BCUT2D eigenvalue weighted by Crippen LogP contribution is -2.46. The van der Waals surface area contributed by atoms with E-state index in [0.29, 0.717) is 68.4 Å². The number of aromatic carboxylic acids is 1. The molecule has 2 aliphatic rings. The number of carboxylic acid groups (broad SMARTS) is 1. The monoisotopic (exact) mass is 574 g/mol. The highest BCUT2D eigenvalue weighted by atomic mass is 19.1. The van der Waals surface area contributed by atoms with Crippen LogP contribution in [0.25, 0.3) is 11.2 Å². The number of anilines is 1. The number of benzene rings is 1. The highest BCUT2D eigenvalue weighted by Crippen LogP contribution is 2.25. The lowest BCUT2D eigenvalue weighted by Gasteiger charge is -2.35. The molecule has 1 aromatic carbocycles. The Bertz CT molecular complexity index is 1670. The smallest absolute Gasteiger partial charge is 0.354 e. The molecule has 0 amide bonds. The van der Waals surface area contributed by atoms with Crippen LogP contribution in [0.1, 0.15) is 33.9 Å². The normalized spacial score (nSPS) is 17.2. The Morgan fingerprint density at radius 3 is 2.57 bits per heavy atom. The predicted octanol–water partition coefficient (Wildman–Crippen LogP) is 3.47. The minimum absolute atomic E-state index is 0.0274. The number of pyridine rings is 2. The zero-order valence-electron chi connectivity index (χ0n) is 22.7. The van der Waals surface area contributed by atoms with Crippen molar-refractivity contribution < 1.29 is 28.2 Å². The molecular formula is C30H28F2N6O4. The van der Waals surface area contributed by atoms with Gasteiger partial charge in [0.1, 0.15) is 29.6 Å². The van der Waals surface area contributed by atoms with Crippen LogP contribution in [0.5, 0.6) is 5.88 Å². The molecule has 2 aliphatic heterocycles. The van der Waals surface area contributed by atoms with Gasteiger partial charge in [0.2, 0.25) is 0 Å². The van der Waals surface area contributed by atoms with Crippen molar-refractivity contribution in [3.05, 3.63) is 76.7 Å². The number of hydrogen-bond donors (Lipinski definition) is 1. The van der Waals surface area contributed by atoms with E-state index >= 15 is 0 Å². The summed E-state index contributed by atoms with van der Waals surface area (Å²) in [4.78, 5) is 29.3. The fraction of sp³-hybridized carbons (Fsp3) is 0.333. The second kappa shape index (κ2) is 11.7. The average Bonchev–Trinajstić information content (AvgIpc) is 3.31. The number of aromatic nitrogens is 4. The first-order chi connectivity index (χ1) is 20.4. The van der Waals surface area contributed by atoms with Crippen LogP contribution in [-0.2, 0) is 24.4 Å². The van der Waals surface area contributed by atoms with Crippen molar-refractivity contribution in [2.24, 2.45) is 0 Å². The van der Waals surface area contributed by atoms with E-state index in [9.17, 15) is 18.7 Å².